The third-order valence-corrected chi connectivity index (χ3v) is 3.54. The third kappa shape index (κ3) is 4.48. The van der Waals surface area contributed by atoms with E-state index in [1.54, 1.807) is 0 Å². The van der Waals surface area contributed by atoms with Crippen LogP contribution < -0.4 is 0 Å². The summed E-state index contributed by atoms with van der Waals surface area (Å²) in [5.74, 6) is -0.756. The molecule has 1 heterocycles. The Morgan fingerprint density at radius 1 is 1.60 bits per heavy atom. The molecule has 1 fully saturated rings. The number of amides is 1. The van der Waals surface area contributed by atoms with E-state index in [-0.39, 0.29) is 12.0 Å². The summed E-state index contributed by atoms with van der Waals surface area (Å²) in [6, 6.07) is 0. The minimum absolute atomic E-state index is 0.0396. The number of hydrogen-bond acceptors (Lipinski definition) is 4. The lowest BCUT2D eigenvalue weighted by Gasteiger charge is -2.31. The highest BCUT2D eigenvalue weighted by Crippen LogP contribution is 2.08. The molecule has 88 valence electrons. The molecular formula is C8H14BrNO4S. The van der Waals surface area contributed by atoms with Gasteiger partial charge in [-0.15, -0.1) is 0 Å². The molecule has 7 heteroatoms. The second-order valence-corrected chi connectivity index (χ2v) is 6.34. The Hall–Kier alpha value is -0.140. The second kappa shape index (κ2) is 5.27. The van der Waals surface area contributed by atoms with Gasteiger partial charge in [-0.05, 0) is 0 Å². The van der Waals surface area contributed by atoms with Gasteiger partial charge in [-0.1, -0.05) is 15.9 Å². The summed E-state index contributed by atoms with van der Waals surface area (Å²) in [5, 5.41) is 0.648. The maximum Gasteiger partial charge on any atom is 0.237 e. The van der Waals surface area contributed by atoms with Crippen LogP contribution >= 0.6 is 15.9 Å². The van der Waals surface area contributed by atoms with Gasteiger partial charge in [-0.3, -0.25) is 4.79 Å². The SMILES string of the molecule is CS(=O)(=O)CC(=O)N1CCOC(CBr)C1. The summed E-state index contributed by atoms with van der Waals surface area (Å²) in [6.45, 7) is 1.39. The van der Waals surface area contributed by atoms with Crippen LogP contribution in [0.2, 0.25) is 0 Å². The van der Waals surface area contributed by atoms with Crippen LogP contribution in [0.25, 0.3) is 0 Å². The van der Waals surface area contributed by atoms with Gasteiger partial charge in [0.05, 0.1) is 12.7 Å². The fourth-order valence-electron chi connectivity index (χ4n) is 1.35. The van der Waals surface area contributed by atoms with Crippen LogP contribution in [-0.2, 0) is 19.4 Å². The van der Waals surface area contributed by atoms with E-state index in [0.29, 0.717) is 25.0 Å². The summed E-state index contributed by atoms with van der Waals surface area (Å²) in [4.78, 5) is 13.1. The number of alkyl halides is 1. The largest absolute Gasteiger partial charge is 0.374 e. The van der Waals surface area contributed by atoms with Crippen molar-refractivity contribution < 1.29 is 17.9 Å². The van der Waals surface area contributed by atoms with Gasteiger partial charge in [0.15, 0.2) is 9.84 Å². The molecule has 0 aliphatic carbocycles. The van der Waals surface area contributed by atoms with Crippen LogP contribution in [0, 0.1) is 0 Å². The van der Waals surface area contributed by atoms with Gasteiger partial charge in [0.2, 0.25) is 5.91 Å². The molecule has 0 aromatic carbocycles. The minimum atomic E-state index is -3.24. The molecule has 1 aliphatic rings. The summed E-state index contributed by atoms with van der Waals surface area (Å²) < 4.78 is 27.2. The molecule has 0 aromatic rings. The Morgan fingerprint density at radius 3 is 2.80 bits per heavy atom. The zero-order valence-corrected chi connectivity index (χ0v) is 10.9. The van der Waals surface area contributed by atoms with Crippen LogP contribution in [0.4, 0.5) is 0 Å². The number of rotatable bonds is 3. The second-order valence-electron chi connectivity index (χ2n) is 3.56. The molecule has 0 aromatic heterocycles. The first-order valence-corrected chi connectivity index (χ1v) is 7.73. The number of carbonyl (C=O) groups excluding carboxylic acids is 1. The summed E-state index contributed by atoms with van der Waals surface area (Å²) in [6.07, 6.45) is 1.02. The third-order valence-electron chi connectivity index (χ3n) is 2.05. The maximum atomic E-state index is 11.6. The fraction of sp³-hybridized carbons (Fsp3) is 0.875. The van der Waals surface area contributed by atoms with E-state index in [4.69, 9.17) is 4.74 Å². The molecule has 0 bridgehead atoms. The van der Waals surface area contributed by atoms with Gasteiger partial charge in [-0.2, -0.15) is 0 Å². The Labute approximate surface area is 97.8 Å². The van der Waals surface area contributed by atoms with E-state index in [1.807, 2.05) is 0 Å². The molecule has 15 heavy (non-hydrogen) atoms. The highest BCUT2D eigenvalue weighted by Gasteiger charge is 2.25. The Kier molecular flexibility index (Phi) is 4.54. The molecule has 1 saturated heterocycles. The summed E-state index contributed by atoms with van der Waals surface area (Å²) in [5.41, 5.74) is 0. The first-order valence-electron chi connectivity index (χ1n) is 4.55. The van der Waals surface area contributed by atoms with Gasteiger partial charge < -0.3 is 9.64 Å². The van der Waals surface area contributed by atoms with Crippen molar-refractivity contribution in [2.75, 3.05) is 37.0 Å². The molecule has 0 N–H and O–H groups in total. The number of carbonyl (C=O) groups is 1. The lowest BCUT2D eigenvalue weighted by molar-refractivity contribution is -0.135. The maximum absolute atomic E-state index is 11.6. The number of ether oxygens (including phenoxy) is 1. The van der Waals surface area contributed by atoms with Gasteiger partial charge in [0.1, 0.15) is 5.75 Å². The average Bonchev–Trinajstić information content (AvgIpc) is 2.15. The fourth-order valence-corrected chi connectivity index (χ4v) is 2.38. The summed E-state index contributed by atoms with van der Waals surface area (Å²) in [7, 11) is -3.24. The smallest absolute Gasteiger partial charge is 0.237 e. The predicted molar refractivity (Wildman–Crippen MR) is 59.8 cm³/mol. The molecule has 1 amide bonds. The molecule has 0 spiro atoms. The molecule has 1 atom stereocenters. The van der Waals surface area contributed by atoms with Gasteiger partial charge in [-0.25, -0.2) is 8.42 Å². The summed E-state index contributed by atoms with van der Waals surface area (Å²) >= 11 is 3.27. The normalized spacial score (nSPS) is 22.8. The zero-order chi connectivity index (χ0) is 11.5. The van der Waals surface area contributed by atoms with E-state index < -0.39 is 15.6 Å². The van der Waals surface area contributed by atoms with Gasteiger partial charge in [0.25, 0.3) is 0 Å². The molecule has 1 unspecified atom stereocenters. The van der Waals surface area contributed by atoms with E-state index in [1.165, 1.54) is 4.90 Å². The number of nitrogens with zero attached hydrogens (tertiary/aromatic N) is 1. The van der Waals surface area contributed by atoms with Gasteiger partial charge in [0, 0.05) is 24.7 Å². The highest BCUT2D eigenvalue weighted by molar-refractivity contribution is 9.09. The zero-order valence-electron chi connectivity index (χ0n) is 8.48. The van der Waals surface area contributed by atoms with Crippen molar-refractivity contribution in [1.82, 2.24) is 4.90 Å². The van der Waals surface area contributed by atoms with Crippen molar-refractivity contribution >= 4 is 31.7 Å². The van der Waals surface area contributed by atoms with Crippen molar-refractivity contribution in [3.63, 3.8) is 0 Å². The topological polar surface area (TPSA) is 63.7 Å². The van der Waals surface area contributed by atoms with Crippen molar-refractivity contribution in [2.45, 2.75) is 6.10 Å². The van der Waals surface area contributed by atoms with Crippen LogP contribution in [0.1, 0.15) is 0 Å². The van der Waals surface area contributed by atoms with Crippen LogP contribution in [-0.4, -0.2) is 62.4 Å². The number of hydrogen-bond donors (Lipinski definition) is 0. The lowest BCUT2D eigenvalue weighted by Crippen LogP contribution is -2.47. The number of morpholine rings is 1. The van der Waals surface area contributed by atoms with Crippen molar-refractivity contribution in [1.29, 1.82) is 0 Å². The van der Waals surface area contributed by atoms with Gasteiger partial charge >= 0.3 is 0 Å². The Balaban J connectivity index is 2.53. The van der Waals surface area contributed by atoms with Crippen molar-refractivity contribution in [2.24, 2.45) is 0 Å². The lowest BCUT2D eigenvalue weighted by atomic mass is 10.3. The average molecular weight is 300 g/mol. The Morgan fingerprint density at radius 2 is 2.27 bits per heavy atom. The quantitative estimate of drug-likeness (QED) is 0.669. The van der Waals surface area contributed by atoms with Crippen LogP contribution in [0.15, 0.2) is 0 Å². The van der Waals surface area contributed by atoms with E-state index in [9.17, 15) is 13.2 Å². The number of halogens is 1. The van der Waals surface area contributed by atoms with E-state index in [0.717, 1.165) is 6.26 Å². The molecule has 1 aliphatic heterocycles. The van der Waals surface area contributed by atoms with Crippen LogP contribution in [0.3, 0.4) is 0 Å². The molecule has 1 rings (SSSR count). The molecule has 0 saturated carbocycles. The van der Waals surface area contributed by atoms with E-state index in [2.05, 4.69) is 15.9 Å². The molecule has 5 nitrogen and oxygen atoms in total. The van der Waals surface area contributed by atoms with Crippen molar-refractivity contribution in [3.05, 3.63) is 0 Å². The predicted octanol–water partition coefficient (Wildman–Crippen LogP) is -0.347. The molecule has 0 radical (unpaired) electrons. The van der Waals surface area contributed by atoms with Crippen molar-refractivity contribution in [3.8, 4) is 0 Å². The Bertz CT molecular complexity index is 330. The standard InChI is InChI=1S/C8H14BrNO4S/c1-15(12,13)6-8(11)10-2-3-14-7(4-9)5-10/h7H,2-6H2,1H3. The first kappa shape index (κ1) is 12.9. The minimum Gasteiger partial charge on any atom is -0.374 e. The molecular weight excluding hydrogens is 286 g/mol. The van der Waals surface area contributed by atoms with Crippen LogP contribution in [0.5, 0.6) is 0 Å². The highest BCUT2D eigenvalue weighted by atomic mass is 79.9. The monoisotopic (exact) mass is 299 g/mol. The number of sulfone groups is 1. The first-order chi connectivity index (χ1) is 6.92. The van der Waals surface area contributed by atoms with E-state index >= 15 is 0 Å².